The van der Waals surface area contributed by atoms with Crippen LogP contribution in [0.4, 0.5) is 5.69 Å². The summed E-state index contributed by atoms with van der Waals surface area (Å²) in [6.07, 6.45) is 0.343. The van der Waals surface area contributed by atoms with Crippen LogP contribution in [-0.4, -0.2) is 9.78 Å². The highest BCUT2D eigenvalue weighted by molar-refractivity contribution is 6.36. The standard InChI is InChI=1S/C18H12Cl2N4O/c19-16-7-12(22)8-17(20)15(16)9-13-4-5-18(25)24(23-13)14-3-1-2-11(6-14)10-21/h1-8H,9,22H2. The van der Waals surface area contributed by atoms with Gasteiger partial charge in [-0.25, -0.2) is 0 Å². The smallest absolute Gasteiger partial charge is 0.271 e. The van der Waals surface area contributed by atoms with Crippen molar-refractivity contribution >= 4 is 28.9 Å². The zero-order valence-electron chi connectivity index (χ0n) is 12.9. The molecule has 25 heavy (non-hydrogen) atoms. The second kappa shape index (κ2) is 6.98. The third kappa shape index (κ3) is 3.66. The number of hydrogen-bond donors (Lipinski definition) is 1. The van der Waals surface area contributed by atoms with Crippen LogP contribution in [0, 0.1) is 11.3 Å². The Balaban J connectivity index is 2.03. The van der Waals surface area contributed by atoms with Crippen molar-refractivity contribution in [3.8, 4) is 11.8 Å². The monoisotopic (exact) mass is 370 g/mol. The topological polar surface area (TPSA) is 84.7 Å². The molecule has 7 heteroatoms. The summed E-state index contributed by atoms with van der Waals surface area (Å²) in [5, 5.41) is 14.3. The molecule has 0 aliphatic carbocycles. The predicted octanol–water partition coefficient (Wildman–Crippen LogP) is 3.58. The third-order valence-electron chi connectivity index (χ3n) is 3.60. The summed E-state index contributed by atoms with van der Waals surface area (Å²) >= 11 is 12.4. The lowest BCUT2D eigenvalue weighted by Crippen LogP contribution is -2.21. The van der Waals surface area contributed by atoms with Crippen LogP contribution < -0.4 is 11.3 Å². The number of benzene rings is 2. The maximum atomic E-state index is 12.2. The number of nitrogens with zero attached hydrogens (tertiary/aromatic N) is 3. The maximum Gasteiger partial charge on any atom is 0.271 e. The molecule has 3 rings (SSSR count). The molecule has 0 saturated heterocycles. The number of rotatable bonds is 3. The van der Waals surface area contributed by atoms with Gasteiger partial charge in [0, 0.05) is 28.2 Å². The van der Waals surface area contributed by atoms with Crippen LogP contribution in [0.25, 0.3) is 5.69 Å². The molecule has 0 unspecified atom stereocenters. The van der Waals surface area contributed by atoms with E-state index in [0.717, 1.165) is 0 Å². The predicted molar refractivity (Wildman–Crippen MR) is 98.2 cm³/mol. The molecule has 1 heterocycles. The number of halogens is 2. The van der Waals surface area contributed by atoms with Gasteiger partial charge >= 0.3 is 0 Å². The summed E-state index contributed by atoms with van der Waals surface area (Å²) in [6, 6.07) is 15.0. The van der Waals surface area contributed by atoms with E-state index in [-0.39, 0.29) is 5.56 Å². The summed E-state index contributed by atoms with van der Waals surface area (Å²) in [5.41, 5.74) is 8.14. The first-order valence-corrected chi connectivity index (χ1v) is 8.06. The first kappa shape index (κ1) is 17.0. The van der Waals surface area contributed by atoms with Crippen molar-refractivity contribution in [1.29, 1.82) is 5.26 Å². The van der Waals surface area contributed by atoms with Gasteiger partial charge in [0.1, 0.15) is 0 Å². The van der Waals surface area contributed by atoms with Gasteiger partial charge in [-0.3, -0.25) is 4.79 Å². The van der Waals surface area contributed by atoms with Crippen molar-refractivity contribution in [3.05, 3.63) is 85.8 Å². The molecule has 0 radical (unpaired) electrons. The Kier molecular flexibility index (Phi) is 4.75. The highest BCUT2D eigenvalue weighted by Gasteiger charge is 2.11. The summed E-state index contributed by atoms with van der Waals surface area (Å²) < 4.78 is 1.25. The Morgan fingerprint density at radius 1 is 1.12 bits per heavy atom. The molecule has 0 amide bonds. The molecule has 3 aromatic rings. The Bertz CT molecular complexity index is 1030. The van der Waals surface area contributed by atoms with Crippen LogP contribution in [0.1, 0.15) is 16.8 Å². The van der Waals surface area contributed by atoms with Crippen LogP contribution >= 0.6 is 23.2 Å². The molecule has 0 saturated carbocycles. The molecule has 5 nitrogen and oxygen atoms in total. The van der Waals surface area contributed by atoms with Crippen LogP contribution in [0.2, 0.25) is 10.0 Å². The van der Waals surface area contributed by atoms with Crippen LogP contribution in [0.15, 0.2) is 53.3 Å². The van der Waals surface area contributed by atoms with E-state index in [4.69, 9.17) is 34.2 Å². The lowest BCUT2D eigenvalue weighted by molar-refractivity contribution is 0.771. The zero-order chi connectivity index (χ0) is 18.0. The molecule has 0 bridgehead atoms. The van der Waals surface area contributed by atoms with Crippen molar-refractivity contribution in [1.82, 2.24) is 9.78 Å². The van der Waals surface area contributed by atoms with Gasteiger partial charge in [-0.2, -0.15) is 15.0 Å². The van der Waals surface area contributed by atoms with E-state index < -0.39 is 0 Å². The summed E-state index contributed by atoms with van der Waals surface area (Å²) in [4.78, 5) is 12.2. The fraction of sp³-hybridized carbons (Fsp3) is 0.0556. The SMILES string of the molecule is N#Cc1cccc(-n2nc(Cc3c(Cl)cc(N)cc3Cl)ccc2=O)c1. The number of hydrogen-bond acceptors (Lipinski definition) is 4. The Morgan fingerprint density at radius 3 is 2.52 bits per heavy atom. The van der Waals surface area contributed by atoms with Crippen LogP contribution in [0.3, 0.4) is 0 Å². The molecule has 2 aromatic carbocycles. The second-order valence-corrected chi connectivity index (χ2v) is 6.19. The van der Waals surface area contributed by atoms with E-state index in [2.05, 4.69) is 5.10 Å². The molecular formula is C18H12Cl2N4O. The van der Waals surface area contributed by atoms with Crippen molar-refractivity contribution in [2.24, 2.45) is 0 Å². The van der Waals surface area contributed by atoms with Crippen LogP contribution in [-0.2, 0) is 6.42 Å². The van der Waals surface area contributed by atoms with E-state index in [9.17, 15) is 4.79 Å². The quantitative estimate of drug-likeness (QED) is 0.713. The molecule has 2 N–H and O–H groups in total. The summed E-state index contributed by atoms with van der Waals surface area (Å²) in [5.74, 6) is 0. The van der Waals surface area contributed by atoms with E-state index >= 15 is 0 Å². The van der Waals surface area contributed by atoms with E-state index in [1.807, 2.05) is 6.07 Å². The molecule has 0 aliphatic rings. The number of nitriles is 1. The van der Waals surface area contributed by atoms with Gasteiger partial charge in [0.2, 0.25) is 0 Å². The van der Waals surface area contributed by atoms with E-state index in [1.165, 1.54) is 10.7 Å². The van der Waals surface area contributed by atoms with E-state index in [0.29, 0.717) is 44.7 Å². The van der Waals surface area contributed by atoms with Gasteiger partial charge in [0.05, 0.1) is 23.0 Å². The van der Waals surface area contributed by atoms with Gasteiger partial charge in [0.15, 0.2) is 0 Å². The fourth-order valence-electron chi connectivity index (χ4n) is 2.41. The normalized spacial score (nSPS) is 10.4. The third-order valence-corrected chi connectivity index (χ3v) is 4.27. The van der Waals surface area contributed by atoms with Gasteiger partial charge in [-0.15, -0.1) is 0 Å². The Hall–Kier alpha value is -2.81. The molecular weight excluding hydrogens is 359 g/mol. The molecule has 0 spiro atoms. The van der Waals surface area contributed by atoms with Crippen molar-refractivity contribution in [2.45, 2.75) is 6.42 Å². The highest BCUT2D eigenvalue weighted by Crippen LogP contribution is 2.29. The average molecular weight is 371 g/mol. The Labute approximate surface area is 153 Å². The van der Waals surface area contributed by atoms with Crippen molar-refractivity contribution < 1.29 is 0 Å². The largest absolute Gasteiger partial charge is 0.399 e. The van der Waals surface area contributed by atoms with Gasteiger partial charge < -0.3 is 5.73 Å². The minimum atomic E-state index is -0.298. The molecule has 0 fully saturated rings. The van der Waals surface area contributed by atoms with Crippen molar-refractivity contribution in [3.63, 3.8) is 0 Å². The molecule has 124 valence electrons. The van der Waals surface area contributed by atoms with E-state index in [1.54, 1.807) is 42.5 Å². The number of nitrogen functional groups attached to an aromatic ring is 1. The lowest BCUT2D eigenvalue weighted by Gasteiger charge is -2.10. The van der Waals surface area contributed by atoms with Crippen molar-refractivity contribution in [2.75, 3.05) is 5.73 Å². The minimum Gasteiger partial charge on any atom is -0.399 e. The first-order chi connectivity index (χ1) is 12.0. The Morgan fingerprint density at radius 2 is 1.84 bits per heavy atom. The summed E-state index contributed by atoms with van der Waals surface area (Å²) in [6.45, 7) is 0. The maximum absolute atomic E-state index is 12.2. The fourth-order valence-corrected chi connectivity index (χ4v) is 3.05. The minimum absolute atomic E-state index is 0.298. The second-order valence-electron chi connectivity index (χ2n) is 5.38. The van der Waals surface area contributed by atoms with Gasteiger partial charge in [-0.1, -0.05) is 29.3 Å². The number of aromatic nitrogens is 2. The number of anilines is 1. The summed E-state index contributed by atoms with van der Waals surface area (Å²) in [7, 11) is 0. The lowest BCUT2D eigenvalue weighted by atomic mass is 10.1. The zero-order valence-corrected chi connectivity index (χ0v) is 14.4. The molecule has 0 aliphatic heterocycles. The molecule has 0 atom stereocenters. The first-order valence-electron chi connectivity index (χ1n) is 7.31. The van der Waals surface area contributed by atoms with Gasteiger partial charge in [0.25, 0.3) is 5.56 Å². The average Bonchev–Trinajstić information content (AvgIpc) is 2.59. The molecule has 1 aromatic heterocycles. The number of nitrogens with two attached hydrogens (primary N) is 1. The highest BCUT2D eigenvalue weighted by atomic mass is 35.5. The van der Waals surface area contributed by atoms with Crippen LogP contribution in [0.5, 0.6) is 0 Å². The van der Waals surface area contributed by atoms with Gasteiger partial charge in [-0.05, 0) is 42.0 Å².